The van der Waals surface area contributed by atoms with Gasteiger partial charge >= 0.3 is 0 Å². The molecule has 4 aromatic rings. The van der Waals surface area contributed by atoms with E-state index in [-0.39, 0.29) is 5.91 Å². The Morgan fingerprint density at radius 1 is 1.03 bits per heavy atom. The van der Waals surface area contributed by atoms with Crippen molar-refractivity contribution >= 4 is 17.9 Å². The summed E-state index contributed by atoms with van der Waals surface area (Å²) in [6, 6.07) is 18.7. The first-order valence-electron chi connectivity index (χ1n) is 10.3. The van der Waals surface area contributed by atoms with Gasteiger partial charge in [0.1, 0.15) is 11.5 Å². The third-order valence-corrected chi connectivity index (χ3v) is 4.89. The second-order valence-corrected chi connectivity index (χ2v) is 7.03. The van der Waals surface area contributed by atoms with Crippen LogP contribution < -0.4 is 14.8 Å². The molecule has 2 heterocycles. The summed E-state index contributed by atoms with van der Waals surface area (Å²) in [7, 11) is 3.22. The van der Waals surface area contributed by atoms with Crippen LogP contribution in [0.4, 0.5) is 5.95 Å². The zero-order valence-electron chi connectivity index (χ0n) is 18.3. The second kappa shape index (κ2) is 10.2. The van der Waals surface area contributed by atoms with Crippen LogP contribution in [0.5, 0.6) is 11.5 Å². The van der Waals surface area contributed by atoms with Crippen LogP contribution in [0.1, 0.15) is 15.9 Å². The molecule has 2 aromatic heterocycles. The minimum absolute atomic E-state index is 0.333. The molecule has 0 aliphatic heterocycles. The zero-order chi connectivity index (χ0) is 23.0. The molecule has 0 bridgehead atoms. The molecule has 0 spiro atoms. The SMILES string of the molecule is COc1ccc(CNc2nc(-c3cccnc3)nn2C(=O)C=Cc2ccccc2OC)cc1. The first kappa shape index (κ1) is 21.8. The van der Waals surface area contributed by atoms with Crippen molar-refractivity contribution in [2.45, 2.75) is 6.54 Å². The summed E-state index contributed by atoms with van der Waals surface area (Å²) >= 11 is 0. The van der Waals surface area contributed by atoms with Gasteiger partial charge in [-0.2, -0.15) is 9.67 Å². The van der Waals surface area contributed by atoms with Crippen LogP contribution in [-0.4, -0.2) is 39.9 Å². The predicted octanol–water partition coefficient (Wildman–Crippen LogP) is 4.32. The normalized spacial score (nSPS) is 10.8. The number of hydrogen-bond donors (Lipinski definition) is 1. The highest BCUT2D eigenvalue weighted by molar-refractivity contribution is 5.95. The Bertz CT molecular complexity index is 1250. The van der Waals surface area contributed by atoms with Crippen molar-refractivity contribution in [2.24, 2.45) is 0 Å². The van der Waals surface area contributed by atoms with Gasteiger partial charge in [0.25, 0.3) is 5.91 Å². The molecule has 4 rings (SSSR count). The lowest BCUT2D eigenvalue weighted by atomic mass is 10.2. The van der Waals surface area contributed by atoms with E-state index in [1.54, 1.807) is 38.8 Å². The van der Waals surface area contributed by atoms with E-state index < -0.39 is 0 Å². The van der Waals surface area contributed by atoms with Crippen molar-refractivity contribution in [2.75, 3.05) is 19.5 Å². The average Bonchev–Trinajstić information content (AvgIpc) is 3.31. The van der Waals surface area contributed by atoms with E-state index in [4.69, 9.17) is 9.47 Å². The molecule has 0 aliphatic carbocycles. The number of methoxy groups -OCH3 is 2. The molecule has 166 valence electrons. The van der Waals surface area contributed by atoms with Gasteiger partial charge < -0.3 is 14.8 Å². The lowest BCUT2D eigenvalue weighted by Crippen LogP contribution is -2.14. The molecule has 0 saturated heterocycles. The Labute approximate surface area is 191 Å². The maximum atomic E-state index is 13.0. The highest BCUT2D eigenvalue weighted by Gasteiger charge is 2.16. The molecule has 0 amide bonds. The summed E-state index contributed by atoms with van der Waals surface area (Å²) in [5.74, 6) is 1.84. The summed E-state index contributed by atoms with van der Waals surface area (Å²) in [6.07, 6.45) is 6.46. The number of pyridine rings is 1. The minimum Gasteiger partial charge on any atom is -0.497 e. The number of aromatic nitrogens is 4. The van der Waals surface area contributed by atoms with Gasteiger partial charge in [-0.3, -0.25) is 9.78 Å². The fourth-order valence-electron chi connectivity index (χ4n) is 3.16. The number of para-hydroxylation sites is 1. The Morgan fingerprint density at radius 2 is 1.85 bits per heavy atom. The van der Waals surface area contributed by atoms with Gasteiger partial charge in [0.15, 0.2) is 5.82 Å². The number of allylic oxidation sites excluding steroid dienone is 1. The van der Waals surface area contributed by atoms with E-state index in [0.29, 0.717) is 29.6 Å². The highest BCUT2D eigenvalue weighted by atomic mass is 16.5. The van der Waals surface area contributed by atoms with Gasteiger partial charge in [-0.15, -0.1) is 5.10 Å². The number of hydrogen-bond acceptors (Lipinski definition) is 7. The average molecular weight is 441 g/mol. The van der Waals surface area contributed by atoms with Crippen LogP contribution in [0.15, 0.2) is 79.1 Å². The molecule has 0 fully saturated rings. The van der Waals surface area contributed by atoms with Gasteiger partial charge in [-0.1, -0.05) is 30.3 Å². The molecule has 0 saturated carbocycles. The van der Waals surface area contributed by atoms with Gasteiger partial charge in [0.05, 0.1) is 14.2 Å². The minimum atomic E-state index is -0.347. The van der Waals surface area contributed by atoms with Crippen molar-refractivity contribution in [3.63, 3.8) is 0 Å². The molecular weight excluding hydrogens is 418 g/mol. The standard InChI is InChI=1S/C25H23N5O3/c1-32-21-12-9-18(10-13-21)16-27-25-28-24(20-7-5-15-26-17-20)29-30(25)23(31)14-11-19-6-3-4-8-22(19)33-2/h3-15,17H,16H2,1-2H3,(H,27,28,29). The van der Waals surface area contributed by atoms with Crippen molar-refractivity contribution in [1.29, 1.82) is 0 Å². The summed E-state index contributed by atoms with van der Waals surface area (Å²) in [5.41, 5.74) is 2.50. The summed E-state index contributed by atoms with van der Waals surface area (Å²) in [4.78, 5) is 21.7. The maximum absolute atomic E-state index is 13.0. The van der Waals surface area contributed by atoms with Crippen molar-refractivity contribution in [1.82, 2.24) is 19.7 Å². The predicted molar refractivity (Wildman–Crippen MR) is 126 cm³/mol. The summed E-state index contributed by atoms with van der Waals surface area (Å²) in [6.45, 7) is 0.457. The molecule has 0 radical (unpaired) electrons. The molecule has 33 heavy (non-hydrogen) atoms. The molecule has 1 N–H and O–H groups in total. The van der Waals surface area contributed by atoms with Crippen LogP contribution in [0.2, 0.25) is 0 Å². The van der Waals surface area contributed by atoms with Crippen LogP contribution >= 0.6 is 0 Å². The Morgan fingerprint density at radius 3 is 2.58 bits per heavy atom. The fraction of sp³-hybridized carbons (Fsp3) is 0.120. The number of carbonyl (C=O) groups excluding carboxylic acids is 1. The van der Waals surface area contributed by atoms with Crippen molar-refractivity contribution in [3.05, 3.63) is 90.3 Å². The quantitative estimate of drug-likeness (QED) is 0.407. The Kier molecular flexibility index (Phi) is 6.75. The third kappa shape index (κ3) is 5.24. The van der Waals surface area contributed by atoms with Crippen molar-refractivity contribution < 1.29 is 14.3 Å². The van der Waals surface area contributed by atoms with E-state index >= 15 is 0 Å². The molecule has 0 aliphatic rings. The highest BCUT2D eigenvalue weighted by Crippen LogP contribution is 2.21. The van der Waals surface area contributed by atoms with E-state index in [1.165, 1.54) is 10.8 Å². The number of carbonyl (C=O) groups is 1. The number of anilines is 1. The largest absolute Gasteiger partial charge is 0.497 e. The molecule has 8 nitrogen and oxygen atoms in total. The Hall–Kier alpha value is -4.46. The Balaban J connectivity index is 1.61. The first-order chi connectivity index (χ1) is 16.2. The van der Waals surface area contributed by atoms with Gasteiger partial charge in [0.2, 0.25) is 5.95 Å². The van der Waals surface area contributed by atoms with E-state index in [0.717, 1.165) is 16.9 Å². The number of rotatable bonds is 8. The molecule has 2 aromatic carbocycles. The number of benzene rings is 2. The van der Waals surface area contributed by atoms with E-state index in [1.807, 2.05) is 54.6 Å². The summed E-state index contributed by atoms with van der Waals surface area (Å²) < 4.78 is 11.8. The summed E-state index contributed by atoms with van der Waals surface area (Å²) in [5, 5.41) is 7.63. The zero-order valence-corrected chi connectivity index (χ0v) is 18.3. The maximum Gasteiger partial charge on any atom is 0.274 e. The molecule has 8 heteroatoms. The molecule has 0 unspecified atom stereocenters. The van der Waals surface area contributed by atoms with E-state index in [2.05, 4.69) is 20.4 Å². The lowest BCUT2D eigenvalue weighted by Gasteiger charge is -2.07. The van der Waals surface area contributed by atoms with Gasteiger partial charge in [-0.25, -0.2) is 0 Å². The van der Waals surface area contributed by atoms with Crippen LogP contribution in [0.3, 0.4) is 0 Å². The second-order valence-electron chi connectivity index (χ2n) is 7.03. The van der Waals surface area contributed by atoms with Crippen LogP contribution in [0, 0.1) is 0 Å². The number of ether oxygens (including phenoxy) is 2. The molecule has 0 atom stereocenters. The van der Waals surface area contributed by atoms with Gasteiger partial charge in [0, 0.05) is 36.1 Å². The topological polar surface area (TPSA) is 91.2 Å². The van der Waals surface area contributed by atoms with E-state index in [9.17, 15) is 4.79 Å². The smallest absolute Gasteiger partial charge is 0.274 e. The van der Waals surface area contributed by atoms with Crippen LogP contribution in [0.25, 0.3) is 17.5 Å². The fourth-order valence-corrected chi connectivity index (χ4v) is 3.16. The first-order valence-corrected chi connectivity index (χ1v) is 10.3. The molecular formula is C25H23N5O3. The van der Waals surface area contributed by atoms with Crippen LogP contribution in [-0.2, 0) is 6.54 Å². The third-order valence-electron chi connectivity index (χ3n) is 4.89. The monoisotopic (exact) mass is 441 g/mol. The number of nitrogens with one attached hydrogen (secondary N) is 1. The van der Waals surface area contributed by atoms with Gasteiger partial charge in [-0.05, 0) is 42.0 Å². The number of nitrogens with zero attached hydrogens (tertiary/aromatic N) is 4. The van der Waals surface area contributed by atoms with Crippen molar-refractivity contribution in [3.8, 4) is 22.9 Å². The lowest BCUT2D eigenvalue weighted by molar-refractivity contribution is 0.0957.